The Balaban J connectivity index is 5.37. The zero-order chi connectivity index (χ0) is 18.9. The third-order valence-electron chi connectivity index (χ3n) is 2.30. The number of hydrogen-bond donors (Lipinski definition) is 0. The lowest BCUT2D eigenvalue weighted by Gasteiger charge is -2.32. The van der Waals surface area contributed by atoms with Crippen LogP contribution < -0.4 is 0 Å². The van der Waals surface area contributed by atoms with Gasteiger partial charge in [-0.15, -0.1) is 0 Å². The summed E-state index contributed by atoms with van der Waals surface area (Å²) in [6.07, 6.45) is -8.03. The average molecular weight is 366 g/mol. The van der Waals surface area contributed by atoms with E-state index in [4.69, 9.17) is 0 Å². The van der Waals surface area contributed by atoms with Crippen LogP contribution in [0.1, 0.15) is 0 Å². The summed E-state index contributed by atoms with van der Waals surface area (Å²) in [7, 11) is 3.84. The molecule has 23 heavy (non-hydrogen) atoms. The van der Waals surface area contributed by atoms with Crippen LogP contribution in [0.3, 0.4) is 0 Å². The molecular weight excluding hydrogens is 352 g/mol. The van der Waals surface area contributed by atoms with Crippen molar-refractivity contribution in [3.05, 3.63) is 12.0 Å². The summed E-state index contributed by atoms with van der Waals surface area (Å²) in [6, 6.07) is 0. The average Bonchev–Trinajstić information content (AvgIpc) is 2.32. The van der Waals surface area contributed by atoms with Crippen molar-refractivity contribution in [2.24, 2.45) is 0 Å². The van der Waals surface area contributed by atoms with Gasteiger partial charge in [0.15, 0.2) is 6.61 Å². The highest BCUT2D eigenvalue weighted by Crippen LogP contribution is 2.48. The molecule has 0 heterocycles. The molecule has 0 N–H and O–H groups in total. The predicted octanol–water partition coefficient (Wildman–Crippen LogP) is 3.99. The number of halogens is 10. The largest absolute Gasteiger partial charge is 0.481 e. The van der Waals surface area contributed by atoms with Crippen LogP contribution in [0.25, 0.3) is 0 Å². The molecule has 12 heteroatoms. The van der Waals surface area contributed by atoms with Crippen molar-refractivity contribution in [3.63, 3.8) is 0 Å². The van der Waals surface area contributed by atoms with Gasteiger partial charge >= 0.3 is 24.2 Å². The van der Waals surface area contributed by atoms with E-state index < -0.39 is 47.5 Å². The number of alkyl halides is 10. The van der Waals surface area contributed by atoms with Gasteiger partial charge < -0.3 is 9.22 Å². The highest BCUT2D eigenvalue weighted by molar-refractivity contribution is 5.00. The summed E-state index contributed by atoms with van der Waals surface area (Å²) in [5.74, 6) is -20.2. The molecule has 0 spiro atoms. The third kappa shape index (κ3) is 5.15. The maximum absolute atomic E-state index is 13.1. The first kappa shape index (κ1) is 21.8. The Morgan fingerprint density at radius 2 is 1.39 bits per heavy atom. The quantitative estimate of drug-likeness (QED) is 0.359. The lowest BCUT2D eigenvalue weighted by atomic mass is 10.1. The summed E-state index contributed by atoms with van der Waals surface area (Å²) in [4.78, 5) is 0. The number of ether oxygens (including phenoxy) is 1. The van der Waals surface area contributed by atoms with Crippen molar-refractivity contribution in [1.29, 1.82) is 0 Å². The molecule has 0 fully saturated rings. The SMILES string of the molecule is C[N+](C)(C)/C=C(/OCC(F)(F)C(F)(F)C(F)(F)C(F)F)C(F)F. The summed E-state index contributed by atoms with van der Waals surface area (Å²) in [5.41, 5.74) is 0. The second kappa shape index (κ2) is 6.73. The molecule has 0 bridgehead atoms. The first-order valence-corrected chi connectivity index (χ1v) is 5.82. The van der Waals surface area contributed by atoms with E-state index in [1.54, 1.807) is 0 Å². The van der Waals surface area contributed by atoms with Crippen LogP contribution in [0.2, 0.25) is 0 Å². The number of rotatable bonds is 8. The van der Waals surface area contributed by atoms with Crippen molar-refractivity contribution >= 4 is 0 Å². The molecule has 0 amide bonds. The first-order valence-electron chi connectivity index (χ1n) is 5.82. The van der Waals surface area contributed by atoms with E-state index in [1.807, 2.05) is 0 Å². The minimum atomic E-state index is -6.50. The van der Waals surface area contributed by atoms with Gasteiger partial charge in [-0.2, -0.15) is 26.3 Å². The van der Waals surface area contributed by atoms with Crippen molar-refractivity contribution in [1.82, 2.24) is 0 Å². The number of nitrogens with zero attached hydrogens (tertiary/aromatic N) is 1. The summed E-state index contributed by atoms with van der Waals surface area (Å²) in [6.45, 7) is -2.63. The molecule has 0 aliphatic rings. The lowest BCUT2D eigenvalue weighted by molar-refractivity contribution is -0.818. The van der Waals surface area contributed by atoms with Crippen molar-refractivity contribution in [2.45, 2.75) is 30.6 Å². The molecule has 0 saturated heterocycles. The molecule has 0 radical (unpaired) electrons. The zero-order valence-electron chi connectivity index (χ0n) is 12.1. The topological polar surface area (TPSA) is 9.23 Å². The Hall–Kier alpha value is -1.20. The Labute approximate surface area is 124 Å². The molecule has 0 aromatic rings. The van der Waals surface area contributed by atoms with Gasteiger partial charge in [0.1, 0.15) is 6.20 Å². The number of allylic oxidation sites excluding steroid dienone is 1. The molecule has 0 aromatic carbocycles. The molecule has 138 valence electrons. The summed E-state index contributed by atoms with van der Waals surface area (Å²) in [5, 5.41) is 0. The smallest absolute Gasteiger partial charge is 0.381 e. The highest BCUT2D eigenvalue weighted by Gasteiger charge is 2.75. The van der Waals surface area contributed by atoms with Crippen molar-refractivity contribution in [3.8, 4) is 0 Å². The molecule has 0 rings (SSSR count). The van der Waals surface area contributed by atoms with Crippen LogP contribution in [0.15, 0.2) is 12.0 Å². The van der Waals surface area contributed by atoms with Gasteiger partial charge in [-0.3, -0.25) is 0 Å². The Morgan fingerprint density at radius 3 is 1.70 bits per heavy atom. The predicted molar refractivity (Wildman–Crippen MR) is 58.9 cm³/mol. The number of quaternary nitrogens is 1. The lowest BCUT2D eigenvalue weighted by Crippen LogP contribution is -2.59. The second-order valence-electron chi connectivity index (χ2n) is 5.44. The molecule has 0 atom stereocenters. The maximum Gasteiger partial charge on any atom is 0.381 e. The van der Waals surface area contributed by atoms with Crippen molar-refractivity contribution in [2.75, 3.05) is 27.7 Å². The standard InChI is InChI=1S/C11H14F10NO/c1-22(2,3)4-6(7(12)13)23-5-9(16,17)11(20,21)10(18,19)8(14)15/h4,7-8H,5H2,1-3H3/q+1/b6-4+. The van der Waals surface area contributed by atoms with E-state index in [1.165, 1.54) is 21.1 Å². The van der Waals surface area contributed by atoms with Crippen LogP contribution in [0.5, 0.6) is 0 Å². The highest BCUT2D eigenvalue weighted by atomic mass is 19.4. The van der Waals surface area contributed by atoms with E-state index in [0.717, 1.165) is 0 Å². The fourth-order valence-electron chi connectivity index (χ4n) is 1.18. The van der Waals surface area contributed by atoms with E-state index in [2.05, 4.69) is 4.74 Å². The molecular formula is C11H14F10NO+. The van der Waals surface area contributed by atoms with Crippen molar-refractivity contribution < 1.29 is 53.1 Å². The molecule has 0 aliphatic carbocycles. The number of hydrogen-bond acceptors (Lipinski definition) is 1. The molecule has 0 saturated carbocycles. The summed E-state index contributed by atoms with van der Waals surface area (Å²) < 4.78 is 130. The van der Waals surface area contributed by atoms with Gasteiger partial charge in [-0.05, 0) is 0 Å². The van der Waals surface area contributed by atoms with Gasteiger partial charge in [-0.1, -0.05) is 0 Å². The molecule has 2 nitrogen and oxygen atoms in total. The van der Waals surface area contributed by atoms with Crippen LogP contribution in [0.4, 0.5) is 43.9 Å². The van der Waals surface area contributed by atoms with Gasteiger partial charge in [0.2, 0.25) is 5.76 Å². The van der Waals surface area contributed by atoms with Gasteiger partial charge in [0.05, 0.1) is 21.1 Å². The molecule has 0 aromatic heterocycles. The van der Waals surface area contributed by atoms with Crippen LogP contribution >= 0.6 is 0 Å². The van der Waals surface area contributed by atoms with Gasteiger partial charge in [-0.25, -0.2) is 17.6 Å². The normalized spacial score (nSPS) is 15.5. The monoisotopic (exact) mass is 366 g/mol. The minimum absolute atomic E-state index is 0.394. The third-order valence-corrected chi connectivity index (χ3v) is 2.30. The Kier molecular flexibility index (Phi) is 6.38. The van der Waals surface area contributed by atoms with E-state index in [-0.39, 0.29) is 0 Å². The van der Waals surface area contributed by atoms with Gasteiger partial charge in [0.25, 0.3) is 6.43 Å². The molecule has 0 unspecified atom stereocenters. The van der Waals surface area contributed by atoms with E-state index in [0.29, 0.717) is 6.20 Å². The fourth-order valence-corrected chi connectivity index (χ4v) is 1.18. The summed E-state index contributed by atoms with van der Waals surface area (Å²) >= 11 is 0. The Morgan fingerprint density at radius 1 is 0.957 bits per heavy atom. The van der Waals surface area contributed by atoms with Crippen LogP contribution in [-0.2, 0) is 4.74 Å². The molecule has 0 aliphatic heterocycles. The van der Waals surface area contributed by atoms with Crippen LogP contribution in [0, 0.1) is 0 Å². The van der Waals surface area contributed by atoms with Gasteiger partial charge in [0, 0.05) is 0 Å². The van der Waals surface area contributed by atoms with E-state index >= 15 is 0 Å². The fraction of sp³-hybridized carbons (Fsp3) is 0.818. The Bertz CT molecular complexity index is 427. The first-order chi connectivity index (χ1) is 9.96. The second-order valence-corrected chi connectivity index (χ2v) is 5.44. The maximum atomic E-state index is 13.1. The minimum Gasteiger partial charge on any atom is -0.481 e. The zero-order valence-corrected chi connectivity index (χ0v) is 12.1. The van der Waals surface area contributed by atoms with Crippen LogP contribution in [-0.4, -0.2) is 62.9 Å². The van der Waals surface area contributed by atoms with E-state index in [9.17, 15) is 43.9 Å².